The van der Waals surface area contributed by atoms with E-state index < -0.39 is 6.04 Å². The van der Waals surface area contributed by atoms with E-state index in [0.29, 0.717) is 0 Å². The molecule has 0 aromatic heterocycles. The van der Waals surface area contributed by atoms with Gasteiger partial charge in [-0.1, -0.05) is 63.9 Å². The molecule has 0 aliphatic rings. The van der Waals surface area contributed by atoms with Gasteiger partial charge in [-0.2, -0.15) is 0 Å². The van der Waals surface area contributed by atoms with Crippen molar-refractivity contribution in [2.24, 2.45) is 11.1 Å². The number of amides is 1. The molecule has 120 valence electrons. The Bertz CT molecular complexity index is 454. The van der Waals surface area contributed by atoms with Crippen molar-refractivity contribution in [2.75, 3.05) is 0 Å². The molecule has 1 rings (SSSR count). The summed E-state index contributed by atoms with van der Waals surface area (Å²) >= 11 is 0. The Morgan fingerprint density at radius 2 is 1.95 bits per heavy atom. The van der Waals surface area contributed by atoms with E-state index in [0.717, 1.165) is 18.4 Å². The molecule has 2 unspecified atom stereocenters. The van der Waals surface area contributed by atoms with Crippen molar-refractivity contribution in [3.05, 3.63) is 35.4 Å². The van der Waals surface area contributed by atoms with Crippen LogP contribution >= 0.6 is 12.4 Å². The van der Waals surface area contributed by atoms with Crippen molar-refractivity contribution in [1.82, 2.24) is 5.32 Å². The lowest BCUT2D eigenvalue weighted by molar-refractivity contribution is -0.124. The summed E-state index contributed by atoms with van der Waals surface area (Å²) in [6.45, 7) is 10.5. The predicted octanol–water partition coefficient (Wildman–Crippen LogP) is 3.75. The van der Waals surface area contributed by atoms with Gasteiger partial charge in [0.15, 0.2) is 0 Å². The Labute approximate surface area is 135 Å². The normalized spacial score (nSPS) is 14.0. The van der Waals surface area contributed by atoms with Gasteiger partial charge in [0, 0.05) is 0 Å². The average molecular weight is 313 g/mol. The summed E-state index contributed by atoms with van der Waals surface area (Å²) in [7, 11) is 0. The third-order valence-electron chi connectivity index (χ3n) is 3.46. The van der Waals surface area contributed by atoms with E-state index in [1.54, 1.807) is 0 Å². The lowest BCUT2D eigenvalue weighted by atomic mass is 9.81. The standard InChI is InChI=1S/C17H28N2O.ClH/c1-6-8-14(18)16(20)19-15(17(3,4)5)13-10-7-9-12(2)11-13;/h7,9-11,14-15H,6,8,18H2,1-5H3,(H,19,20);1H. The minimum Gasteiger partial charge on any atom is -0.347 e. The molecule has 0 bridgehead atoms. The summed E-state index contributed by atoms with van der Waals surface area (Å²) in [5, 5.41) is 3.12. The molecule has 21 heavy (non-hydrogen) atoms. The van der Waals surface area contributed by atoms with Crippen molar-refractivity contribution >= 4 is 18.3 Å². The molecule has 2 atom stereocenters. The molecule has 0 radical (unpaired) electrons. The fourth-order valence-corrected chi connectivity index (χ4v) is 2.34. The number of nitrogens with two attached hydrogens (primary N) is 1. The van der Waals surface area contributed by atoms with Gasteiger partial charge in [-0.15, -0.1) is 12.4 Å². The fourth-order valence-electron chi connectivity index (χ4n) is 2.34. The summed E-state index contributed by atoms with van der Waals surface area (Å²) in [6.07, 6.45) is 1.63. The molecular weight excluding hydrogens is 284 g/mol. The highest BCUT2D eigenvalue weighted by Gasteiger charge is 2.29. The molecule has 1 amide bonds. The van der Waals surface area contributed by atoms with Crippen molar-refractivity contribution in [1.29, 1.82) is 0 Å². The molecule has 3 N–H and O–H groups in total. The van der Waals surface area contributed by atoms with E-state index in [2.05, 4.69) is 51.2 Å². The van der Waals surface area contributed by atoms with E-state index in [1.165, 1.54) is 5.56 Å². The molecule has 0 heterocycles. The minimum atomic E-state index is -0.422. The third-order valence-corrected chi connectivity index (χ3v) is 3.46. The SMILES string of the molecule is CCCC(N)C(=O)NC(c1cccc(C)c1)C(C)(C)C.Cl. The third kappa shape index (κ3) is 6.06. The zero-order valence-corrected chi connectivity index (χ0v) is 14.6. The zero-order valence-electron chi connectivity index (χ0n) is 13.8. The van der Waals surface area contributed by atoms with Crippen LogP contribution in [0.1, 0.15) is 57.7 Å². The number of carbonyl (C=O) groups excluding carboxylic acids is 1. The highest BCUT2D eigenvalue weighted by molar-refractivity contribution is 5.85. The Kier molecular flexibility index (Phi) is 7.98. The first-order valence-electron chi connectivity index (χ1n) is 7.38. The second-order valence-electron chi connectivity index (χ2n) is 6.62. The van der Waals surface area contributed by atoms with Gasteiger partial charge >= 0.3 is 0 Å². The highest BCUT2D eigenvalue weighted by Crippen LogP contribution is 2.33. The first kappa shape index (κ1) is 19.9. The van der Waals surface area contributed by atoms with Crippen LogP contribution in [0.4, 0.5) is 0 Å². The Balaban J connectivity index is 0.00000400. The van der Waals surface area contributed by atoms with Crippen LogP contribution in [0.25, 0.3) is 0 Å². The van der Waals surface area contributed by atoms with Crippen LogP contribution in [-0.4, -0.2) is 11.9 Å². The van der Waals surface area contributed by atoms with Crippen LogP contribution in [0, 0.1) is 12.3 Å². The number of benzene rings is 1. The predicted molar refractivity (Wildman–Crippen MR) is 91.6 cm³/mol. The monoisotopic (exact) mass is 312 g/mol. The number of rotatable bonds is 5. The van der Waals surface area contributed by atoms with E-state index >= 15 is 0 Å². The number of hydrogen-bond acceptors (Lipinski definition) is 2. The molecule has 0 aliphatic heterocycles. The maximum Gasteiger partial charge on any atom is 0.237 e. The number of hydrogen-bond donors (Lipinski definition) is 2. The molecule has 0 spiro atoms. The molecule has 4 heteroatoms. The van der Waals surface area contributed by atoms with Crippen molar-refractivity contribution in [3.8, 4) is 0 Å². The summed E-state index contributed by atoms with van der Waals surface area (Å²) < 4.78 is 0. The second kappa shape index (κ2) is 8.40. The molecule has 0 saturated heterocycles. The molecule has 1 aromatic carbocycles. The van der Waals surface area contributed by atoms with Gasteiger partial charge in [-0.05, 0) is 24.3 Å². The summed E-state index contributed by atoms with van der Waals surface area (Å²) in [6, 6.07) is 7.83. The lowest BCUT2D eigenvalue weighted by Gasteiger charge is -2.33. The van der Waals surface area contributed by atoms with Crippen LogP contribution in [-0.2, 0) is 4.79 Å². The fraction of sp³-hybridized carbons (Fsp3) is 0.588. The maximum absolute atomic E-state index is 12.2. The number of nitrogens with one attached hydrogen (secondary N) is 1. The van der Waals surface area contributed by atoms with E-state index in [-0.39, 0.29) is 29.8 Å². The molecule has 0 saturated carbocycles. The van der Waals surface area contributed by atoms with Crippen molar-refractivity contribution < 1.29 is 4.79 Å². The topological polar surface area (TPSA) is 55.1 Å². The Hall–Kier alpha value is -1.06. The maximum atomic E-state index is 12.2. The van der Waals surface area contributed by atoms with Gasteiger partial charge in [-0.3, -0.25) is 4.79 Å². The molecule has 0 fully saturated rings. The van der Waals surface area contributed by atoms with E-state index in [4.69, 9.17) is 5.73 Å². The average Bonchev–Trinajstić information content (AvgIpc) is 2.34. The van der Waals surface area contributed by atoms with E-state index in [1.807, 2.05) is 13.0 Å². The van der Waals surface area contributed by atoms with E-state index in [9.17, 15) is 4.79 Å². The second-order valence-corrected chi connectivity index (χ2v) is 6.62. The highest BCUT2D eigenvalue weighted by atomic mass is 35.5. The van der Waals surface area contributed by atoms with Gasteiger partial charge in [0.25, 0.3) is 0 Å². The quantitative estimate of drug-likeness (QED) is 0.870. The van der Waals surface area contributed by atoms with Crippen LogP contribution < -0.4 is 11.1 Å². The van der Waals surface area contributed by atoms with Gasteiger partial charge in [-0.25, -0.2) is 0 Å². The van der Waals surface area contributed by atoms with Gasteiger partial charge in [0.1, 0.15) is 0 Å². The largest absolute Gasteiger partial charge is 0.347 e. The van der Waals surface area contributed by atoms with Crippen molar-refractivity contribution in [3.63, 3.8) is 0 Å². The molecule has 0 aliphatic carbocycles. The lowest BCUT2D eigenvalue weighted by Crippen LogP contribution is -2.45. The number of aryl methyl sites for hydroxylation is 1. The van der Waals surface area contributed by atoms with Crippen LogP contribution in [0.3, 0.4) is 0 Å². The molecule has 3 nitrogen and oxygen atoms in total. The zero-order chi connectivity index (χ0) is 15.3. The Morgan fingerprint density at radius 3 is 2.43 bits per heavy atom. The summed E-state index contributed by atoms with van der Waals surface area (Å²) in [4.78, 5) is 12.2. The minimum absolute atomic E-state index is 0. The van der Waals surface area contributed by atoms with Gasteiger partial charge < -0.3 is 11.1 Å². The van der Waals surface area contributed by atoms with Crippen LogP contribution in [0.15, 0.2) is 24.3 Å². The first-order valence-corrected chi connectivity index (χ1v) is 7.38. The smallest absolute Gasteiger partial charge is 0.237 e. The molecular formula is C17H29ClN2O. The van der Waals surface area contributed by atoms with Crippen molar-refractivity contribution in [2.45, 2.75) is 59.5 Å². The number of carbonyl (C=O) groups is 1. The molecule has 1 aromatic rings. The summed E-state index contributed by atoms with van der Waals surface area (Å²) in [5.74, 6) is -0.0618. The van der Waals surface area contributed by atoms with Gasteiger partial charge in [0.2, 0.25) is 5.91 Å². The summed E-state index contributed by atoms with van der Waals surface area (Å²) in [5.41, 5.74) is 8.19. The Morgan fingerprint density at radius 1 is 1.33 bits per heavy atom. The first-order chi connectivity index (χ1) is 9.25. The van der Waals surface area contributed by atoms with Gasteiger partial charge in [0.05, 0.1) is 12.1 Å². The van der Waals surface area contributed by atoms with Crippen LogP contribution in [0.5, 0.6) is 0 Å². The number of halogens is 1. The van der Waals surface area contributed by atoms with Crippen LogP contribution in [0.2, 0.25) is 0 Å².